The third-order valence-electron chi connectivity index (χ3n) is 1.41. The van der Waals surface area contributed by atoms with Gasteiger partial charge in [0, 0.05) is 6.54 Å². The molecular formula is C7H12N6O. The molecule has 1 rings (SSSR count). The van der Waals surface area contributed by atoms with Gasteiger partial charge in [0.2, 0.25) is 5.91 Å². The van der Waals surface area contributed by atoms with Crippen LogP contribution in [0.25, 0.3) is 0 Å². The van der Waals surface area contributed by atoms with Gasteiger partial charge in [-0.3, -0.25) is 4.79 Å². The molecule has 14 heavy (non-hydrogen) atoms. The first-order chi connectivity index (χ1) is 6.83. The maximum atomic E-state index is 11.1. The summed E-state index contributed by atoms with van der Waals surface area (Å²) in [6.45, 7) is 4.66. The number of amides is 1. The van der Waals surface area contributed by atoms with E-state index in [4.69, 9.17) is 0 Å². The normalized spacial score (nSPS) is 9.71. The summed E-state index contributed by atoms with van der Waals surface area (Å²) in [4.78, 5) is 11.1. The molecule has 0 unspecified atom stereocenters. The average molecular weight is 196 g/mol. The van der Waals surface area contributed by atoms with Gasteiger partial charge in [-0.15, -0.1) is 16.8 Å². The summed E-state index contributed by atoms with van der Waals surface area (Å²) >= 11 is 0. The van der Waals surface area contributed by atoms with E-state index in [1.54, 1.807) is 6.08 Å². The molecule has 0 atom stereocenters. The van der Waals surface area contributed by atoms with E-state index in [2.05, 4.69) is 37.8 Å². The van der Waals surface area contributed by atoms with E-state index < -0.39 is 0 Å². The lowest BCUT2D eigenvalue weighted by Gasteiger charge is -2.02. The molecule has 0 aromatic carbocycles. The zero-order chi connectivity index (χ0) is 10.2. The fraction of sp³-hybridized carbons (Fsp3) is 0.429. The van der Waals surface area contributed by atoms with Crippen LogP contribution in [0.15, 0.2) is 12.7 Å². The van der Waals surface area contributed by atoms with Gasteiger partial charge >= 0.3 is 0 Å². The Bertz CT molecular complexity index is 282. The van der Waals surface area contributed by atoms with E-state index >= 15 is 0 Å². The number of rotatable bonds is 6. The van der Waals surface area contributed by atoms with E-state index in [1.165, 1.54) is 0 Å². The largest absolute Gasteiger partial charge is 0.348 e. The number of tetrazole rings is 1. The number of H-pyrrole nitrogens is 1. The fourth-order valence-corrected chi connectivity index (χ4v) is 0.785. The first-order valence-corrected chi connectivity index (χ1v) is 4.13. The van der Waals surface area contributed by atoms with Crippen LogP contribution in [0.3, 0.4) is 0 Å². The molecule has 1 heterocycles. The number of aromatic nitrogens is 4. The lowest BCUT2D eigenvalue weighted by molar-refractivity contribution is -0.120. The number of carbonyl (C=O) groups is 1. The molecule has 1 amide bonds. The van der Waals surface area contributed by atoms with Crippen molar-refractivity contribution >= 4 is 5.91 Å². The van der Waals surface area contributed by atoms with E-state index in [0.717, 1.165) is 0 Å². The molecule has 0 aliphatic heterocycles. The van der Waals surface area contributed by atoms with Gasteiger partial charge in [0.25, 0.3) is 0 Å². The minimum absolute atomic E-state index is 0.114. The minimum atomic E-state index is -0.114. The van der Waals surface area contributed by atoms with Crippen LogP contribution >= 0.6 is 0 Å². The summed E-state index contributed by atoms with van der Waals surface area (Å²) in [5.74, 6) is 0.346. The van der Waals surface area contributed by atoms with Gasteiger partial charge in [0.15, 0.2) is 5.82 Å². The molecule has 0 aliphatic rings. The molecule has 7 nitrogen and oxygen atoms in total. The first kappa shape index (κ1) is 10.3. The van der Waals surface area contributed by atoms with Crippen molar-refractivity contribution in [2.24, 2.45) is 0 Å². The van der Waals surface area contributed by atoms with E-state index in [-0.39, 0.29) is 19.0 Å². The quantitative estimate of drug-likeness (QED) is 0.384. The van der Waals surface area contributed by atoms with Crippen molar-refractivity contribution in [3.05, 3.63) is 18.5 Å². The summed E-state index contributed by atoms with van der Waals surface area (Å²) in [6.07, 6.45) is 1.69. The lowest BCUT2D eigenvalue weighted by atomic mass is 10.5. The second-order valence-electron chi connectivity index (χ2n) is 2.52. The number of hydrogen-bond donors (Lipinski definition) is 3. The van der Waals surface area contributed by atoms with Crippen molar-refractivity contribution in [3.63, 3.8) is 0 Å². The number of nitrogens with zero attached hydrogens (tertiary/aromatic N) is 3. The molecule has 76 valence electrons. The van der Waals surface area contributed by atoms with E-state index in [0.29, 0.717) is 12.4 Å². The van der Waals surface area contributed by atoms with Crippen LogP contribution < -0.4 is 10.6 Å². The third-order valence-corrected chi connectivity index (χ3v) is 1.41. The summed E-state index contributed by atoms with van der Waals surface area (Å²) in [5.41, 5.74) is 0. The molecule has 3 N–H and O–H groups in total. The Kier molecular flexibility index (Phi) is 4.29. The number of carbonyl (C=O) groups excluding carboxylic acids is 1. The zero-order valence-electron chi connectivity index (χ0n) is 7.66. The van der Waals surface area contributed by atoms with E-state index in [9.17, 15) is 4.79 Å². The van der Waals surface area contributed by atoms with Gasteiger partial charge in [-0.1, -0.05) is 11.3 Å². The van der Waals surface area contributed by atoms with Crippen LogP contribution in [0.4, 0.5) is 0 Å². The highest BCUT2D eigenvalue weighted by Crippen LogP contribution is 1.80. The lowest BCUT2D eigenvalue weighted by Crippen LogP contribution is -2.33. The van der Waals surface area contributed by atoms with Crippen molar-refractivity contribution in [1.29, 1.82) is 0 Å². The van der Waals surface area contributed by atoms with Crippen LogP contribution in [0, 0.1) is 0 Å². The van der Waals surface area contributed by atoms with Crippen molar-refractivity contribution in [1.82, 2.24) is 31.3 Å². The van der Waals surface area contributed by atoms with Gasteiger partial charge in [-0.05, 0) is 0 Å². The molecule has 0 saturated carbocycles. The molecular weight excluding hydrogens is 184 g/mol. The zero-order valence-corrected chi connectivity index (χ0v) is 7.66. The van der Waals surface area contributed by atoms with Crippen LogP contribution in [0.5, 0.6) is 0 Å². The molecule has 0 fully saturated rings. The first-order valence-electron chi connectivity index (χ1n) is 4.13. The van der Waals surface area contributed by atoms with Gasteiger partial charge in [-0.25, -0.2) is 0 Å². The van der Waals surface area contributed by atoms with Crippen molar-refractivity contribution in [2.75, 3.05) is 13.1 Å². The number of aromatic amines is 1. The monoisotopic (exact) mass is 196 g/mol. The molecule has 0 saturated heterocycles. The van der Waals surface area contributed by atoms with Gasteiger partial charge in [0.1, 0.15) is 0 Å². The molecule has 1 aromatic rings. The Hall–Kier alpha value is -1.76. The van der Waals surface area contributed by atoms with Crippen LogP contribution in [-0.2, 0) is 11.3 Å². The van der Waals surface area contributed by atoms with Crippen molar-refractivity contribution < 1.29 is 4.79 Å². The predicted octanol–water partition coefficient (Wildman–Crippen LogP) is -1.41. The molecule has 1 aromatic heterocycles. The second-order valence-corrected chi connectivity index (χ2v) is 2.52. The molecule has 0 bridgehead atoms. The maximum Gasteiger partial charge on any atom is 0.234 e. The highest BCUT2D eigenvalue weighted by molar-refractivity contribution is 5.77. The summed E-state index contributed by atoms with van der Waals surface area (Å²) in [7, 11) is 0. The smallest absolute Gasteiger partial charge is 0.234 e. The molecule has 0 radical (unpaired) electrons. The SMILES string of the molecule is C=CCNCC(=O)NCc1nn[nH]n1. The van der Waals surface area contributed by atoms with Gasteiger partial charge in [0.05, 0.1) is 13.1 Å². The summed E-state index contributed by atoms with van der Waals surface area (Å²) in [5, 5.41) is 18.5. The van der Waals surface area contributed by atoms with Crippen LogP contribution in [0.1, 0.15) is 5.82 Å². The topological polar surface area (TPSA) is 95.6 Å². The van der Waals surface area contributed by atoms with Crippen molar-refractivity contribution in [2.45, 2.75) is 6.54 Å². The summed E-state index contributed by atoms with van der Waals surface area (Å²) < 4.78 is 0. The fourth-order valence-electron chi connectivity index (χ4n) is 0.785. The Morgan fingerprint density at radius 3 is 3.14 bits per heavy atom. The average Bonchev–Trinajstić information content (AvgIpc) is 2.68. The number of hydrogen-bond acceptors (Lipinski definition) is 5. The molecule has 0 aliphatic carbocycles. The molecule has 0 spiro atoms. The van der Waals surface area contributed by atoms with Crippen LogP contribution in [-0.4, -0.2) is 39.6 Å². The second kappa shape index (κ2) is 5.81. The standard InChI is InChI=1S/C7H12N6O/c1-2-3-8-5-7(14)9-4-6-10-12-13-11-6/h2,8H,1,3-5H2,(H,9,14)(H,10,11,12,13). The van der Waals surface area contributed by atoms with Crippen LogP contribution in [0.2, 0.25) is 0 Å². The Morgan fingerprint density at radius 2 is 2.50 bits per heavy atom. The van der Waals surface area contributed by atoms with E-state index in [1.807, 2.05) is 0 Å². The highest BCUT2D eigenvalue weighted by atomic mass is 16.1. The Morgan fingerprint density at radius 1 is 1.64 bits per heavy atom. The van der Waals surface area contributed by atoms with Gasteiger partial charge < -0.3 is 10.6 Å². The van der Waals surface area contributed by atoms with Gasteiger partial charge in [-0.2, -0.15) is 5.21 Å². The Balaban J connectivity index is 2.12. The summed E-state index contributed by atoms with van der Waals surface area (Å²) in [6, 6.07) is 0. The highest BCUT2D eigenvalue weighted by Gasteiger charge is 2.01. The van der Waals surface area contributed by atoms with Crippen molar-refractivity contribution in [3.8, 4) is 0 Å². The Labute approximate surface area is 81.0 Å². The predicted molar refractivity (Wildman–Crippen MR) is 49.1 cm³/mol. The third kappa shape index (κ3) is 3.76. The molecule has 7 heteroatoms. The maximum absolute atomic E-state index is 11.1. The number of nitrogens with one attached hydrogen (secondary N) is 3. The minimum Gasteiger partial charge on any atom is -0.348 e.